The zero-order valence-corrected chi connectivity index (χ0v) is 20.8. The van der Waals surface area contributed by atoms with Crippen LogP contribution in [0.25, 0.3) is 16.4 Å². The number of rotatable bonds is 4. The quantitative estimate of drug-likeness (QED) is 0.267. The van der Waals surface area contributed by atoms with Gasteiger partial charge < -0.3 is 0 Å². The molecule has 0 atom stereocenters. The smallest absolute Gasteiger partial charge is 0.291 e. The number of nitrogens with one attached hydrogen (secondary N) is 1. The van der Waals surface area contributed by atoms with Crippen LogP contribution in [0.5, 0.6) is 0 Å². The van der Waals surface area contributed by atoms with Crippen molar-refractivity contribution in [3.63, 3.8) is 0 Å². The third-order valence-electron chi connectivity index (χ3n) is 6.04. The van der Waals surface area contributed by atoms with Gasteiger partial charge in [-0.3, -0.25) is 19.5 Å². The maximum atomic E-state index is 13.1. The Bertz CT molecular complexity index is 1810. The van der Waals surface area contributed by atoms with Crippen LogP contribution in [-0.2, 0) is 0 Å². The maximum absolute atomic E-state index is 13.1. The Labute approximate surface area is 218 Å². The highest BCUT2D eigenvalue weighted by molar-refractivity contribution is 7.12. The molecule has 5 aromatic rings. The molecule has 6 rings (SSSR count). The van der Waals surface area contributed by atoms with Crippen molar-refractivity contribution >= 4 is 45.9 Å². The van der Waals surface area contributed by atoms with Crippen molar-refractivity contribution in [2.75, 3.05) is 0 Å². The van der Waals surface area contributed by atoms with E-state index in [9.17, 15) is 14.4 Å². The molecule has 0 aliphatic heterocycles. The molecule has 37 heavy (non-hydrogen) atoms. The fourth-order valence-electron chi connectivity index (χ4n) is 4.17. The fourth-order valence-corrected chi connectivity index (χ4v) is 5.08. The second kappa shape index (κ2) is 8.88. The van der Waals surface area contributed by atoms with Gasteiger partial charge in [0.05, 0.1) is 17.1 Å². The van der Waals surface area contributed by atoms with E-state index in [0.717, 1.165) is 5.56 Å². The van der Waals surface area contributed by atoms with E-state index in [-0.39, 0.29) is 22.8 Å². The summed E-state index contributed by atoms with van der Waals surface area (Å²) in [4.78, 5) is 43.4. The van der Waals surface area contributed by atoms with Crippen molar-refractivity contribution < 1.29 is 9.59 Å². The highest BCUT2D eigenvalue weighted by atomic mass is 35.5. The number of aromatic amines is 1. The highest BCUT2D eigenvalue weighted by Gasteiger charge is 2.29. The predicted molar refractivity (Wildman–Crippen MR) is 141 cm³/mol. The second-order valence-corrected chi connectivity index (χ2v) is 9.65. The van der Waals surface area contributed by atoms with Gasteiger partial charge in [-0.25, -0.2) is 4.98 Å². The molecule has 10 heteroatoms. The van der Waals surface area contributed by atoms with Crippen molar-refractivity contribution in [3.05, 3.63) is 115 Å². The van der Waals surface area contributed by atoms with Crippen molar-refractivity contribution in [3.8, 4) is 16.4 Å². The first-order chi connectivity index (χ1) is 17.9. The van der Waals surface area contributed by atoms with Crippen LogP contribution < -0.4 is 5.56 Å². The number of halogens is 1. The average molecular weight is 526 g/mol. The van der Waals surface area contributed by atoms with Gasteiger partial charge in [-0.1, -0.05) is 48.0 Å². The Hall–Kier alpha value is -4.47. The van der Waals surface area contributed by atoms with Gasteiger partial charge in [0.1, 0.15) is 0 Å². The van der Waals surface area contributed by atoms with E-state index in [1.54, 1.807) is 55.5 Å². The lowest BCUT2D eigenvalue weighted by atomic mass is 9.84. The van der Waals surface area contributed by atoms with Gasteiger partial charge in [-0.15, -0.1) is 16.5 Å². The number of aromatic nitrogens is 3. The number of fused-ring (bicyclic) bond motifs is 2. The number of ketones is 2. The Morgan fingerprint density at radius 2 is 1.54 bits per heavy atom. The number of hydrogen-bond donors (Lipinski definition) is 1. The van der Waals surface area contributed by atoms with Crippen LogP contribution in [0.1, 0.15) is 37.5 Å². The van der Waals surface area contributed by atoms with E-state index in [1.165, 1.54) is 22.1 Å². The van der Waals surface area contributed by atoms with E-state index in [1.807, 2.05) is 17.5 Å². The zero-order chi connectivity index (χ0) is 25.7. The third kappa shape index (κ3) is 3.94. The summed E-state index contributed by atoms with van der Waals surface area (Å²) < 4.78 is 1.32. The molecular weight excluding hydrogens is 510 g/mol. The Morgan fingerprint density at radius 3 is 2.27 bits per heavy atom. The molecule has 2 aromatic heterocycles. The van der Waals surface area contributed by atoms with E-state index in [0.29, 0.717) is 43.9 Å². The largest absolute Gasteiger partial charge is 0.301 e. The van der Waals surface area contributed by atoms with Gasteiger partial charge in [0.25, 0.3) is 0 Å². The topological polar surface area (TPSA) is 110 Å². The zero-order valence-electron chi connectivity index (χ0n) is 19.2. The minimum Gasteiger partial charge on any atom is -0.291 e. The highest BCUT2D eigenvalue weighted by Crippen LogP contribution is 2.31. The Balaban J connectivity index is 1.31. The van der Waals surface area contributed by atoms with Gasteiger partial charge >= 0.3 is 5.56 Å². The molecular formula is C27H16ClN5O3S. The predicted octanol–water partition coefficient (Wildman–Crippen LogP) is 6.44. The number of aryl methyl sites for hydroxylation is 1. The number of carbonyl (C=O) groups is 2. The lowest BCUT2D eigenvalue weighted by Gasteiger charge is -2.17. The summed E-state index contributed by atoms with van der Waals surface area (Å²) in [5.41, 5.74) is 3.51. The summed E-state index contributed by atoms with van der Waals surface area (Å²) in [7, 11) is 0. The molecule has 3 aromatic carbocycles. The lowest BCUT2D eigenvalue weighted by Crippen LogP contribution is -2.20. The normalized spacial score (nSPS) is 12.7. The molecule has 180 valence electrons. The van der Waals surface area contributed by atoms with Crippen LogP contribution in [0.15, 0.2) is 87.1 Å². The molecule has 8 nitrogen and oxygen atoms in total. The summed E-state index contributed by atoms with van der Waals surface area (Å²) in [5.74, 6) is -0.456. The first-order valence-electron chi connectivity index (χ1n) is 11.2. The summed E-state index contributed by atoms with van der Waals surface area (Å²) in [6.45, 7) is 1.71. The van der Waals surface area contributed by atoms with Gasteiger partial charge in [0, 0.05) is 38.2 Å². The molecule has 0 fully saturated rings. The van der Waals surface area contributed by atoms with E-state index in [2.05, 4.69) is 20.3 Å². The Kier molecular flexibility index (Phi) is 5.51. The number of thiazole rings is 1. The molecule has 1 N–H and O–H groups in total. The summed E-state index contributed by atoms with van der Waals surface area (Å²) in [5, 5.41) is 14.3. The van der Waals surface area contributed by atoms with Crippen LogP contribution in [0.4, 0.5) is 11.4 Å². The van der Waals surface area contributed by atoms with Crippen LogP contribution >= 0.6 is 22.9 Å². The second-order valence-electron chi connectivity index (χ2n) is 8.38. The van der Waals surface area contributed by atoms with Crippen LogP contribution in [0.3, 0.4) is 0 Å². The third-order valence-corrected chi connectivity index (χ3v) is 7.12. The number of carbonyl (C=O) groups excluding carboxylic acids is 2. The Morgan fingerprint density at radius 1 is 0.865 bits per heavy atom. The minimum absolute atomic E-state index is 0.119. The van der Waals surface area contributed by atoms with E-state index < -0.39 is 5.56 Å². The molecule has 0 spiro atoms. The van der Waals surface area contributed by atoms with Crippen LogP contribution in [-0.4, -0.2) is 26.3 Å². The van der Waals surface area contributed by atoms with Crippen LogP contribution in [0.2, 0.25) is 5.02 Å². The number of nitrogens with zero attached hydrogens (tertiary/aromatic N) is 4. The van der Waals surface area contributed by atoms with Crippen molar-refractivity contribution in [2.45, 2.75) is 6.92 Å². The fraction of sp³-hybridized carbons (Fsp3) is 0.0370. The number of H-pyrrole nitrogens is 1. The molecule has 0 amide bonds. The molecule has 0 bridgehead atoms. The van der Waals surface area contributed by atoms with E-state index >= 15 is 0 Å². The number of azo groups is 1. The molecule has 1 aliphatic carbocycles. The molecule has 0 saturated carbocycles. The number of benzene rings is 3. The van der Waals surface area contributed by atoms with Crippen LogP contribution in [0, 0.1) is 6.92 Å². The summed E-state index contributed by atoms with van der Waals surface area (Å²) in [6.07, 6.45) is 0. The first kappa shape index (κ1) is 23.0. The van der Waals surface area contributed by atoms with Crippen molar-refractivity contribution in [1.29, 1.82) is 0 Å². The van der Waals surface area contributed by atoms with Gasteiger partial charge in [0.2, 0.25) is 5.13 Å². The standard InChI is InChI=1S/C27H16ClN5O3S/c1-14-23(26(36)33(32-14)27-29-22(13-37-27)15-6-8-16(28)9-7-15)31-30-17-10-11-20-21(12-17)25(35)19-5-3-2-4-18(19)24(20)34/h2-13,32H,1H3. The first-order valence-corrected chi connectivity index (χ1v) is 12.4. The SMILES string of the molecule is Cc1[nH]n(-c2nc(-c3ccc(Cl)cc3)cs2)c(=O)c1N=Nc1ccc2c(c1)C(=O)c1ccccc1C2=O. The number of hydrogen-bond acceptors (Lipinski definition) is 7. The lowest BCUT2D eigenvalue weighted by molar-refractivity contribution is 0.0979. The van der Waals surface area contributed by atoms with Gasteiger partial charge in [-0.2, -0.15) is 9.80 Å². The molecule has 1 aliphatic rings. The molecule has 0 unspecified atom stereocenters. The molecule has 0 radical (unpaired) electrons. The minimum atomic E-state index is -0.406. The van der Waals surface area contributed by atoms with E-state index in [4.69, 9.17) is 11.6 Å². The monoisotopic (exact) mass is 525 g/mol. The summed E-state index contributed by atoms with van der Waals surface area (Å²) >= 11 is 7.27. The van der Waals surface area contributed by atoms with Crippen molar-refractivity contribution in [2.24, 2.45) is 10.2 Å². The van der Waals surface area contributed by atoms with Gasteiger partial charge in [0.15, 0.2) is 17.3 Å². The molecule has 2 heterocycles. The van der Waals surface area contributed by atoms with Gasteiger partial charge in [-0.05, 0) is 37.3 Å². The average Bonchev–Trinajstić information content (AvgIpc) is 3.51. The molecule has 0 saturated heterocycles. The maximum Gasteiger partial charge on any atom is 0.301 e. The summed E-state index contributed by atoms with van der Waals surface area (Å²) in [6, 6.07) is 18.7. The van der Waals surface area contributed by atoms with Crippen molar-refractivity contribution in [1.82, 2.24) is 14.8 Å².